The first kappa shape index (κ1) is 11.5. The molecule has 0 fully saturated rings. The van der Waals surface area contributed by atoms with Crippen molar-refractivity contribution in [2.45, 2.75) is 26.0 Å². The van der Waals surface area contributed by atoms with E-state index in [-0.39, 0.29) is 5.25 Å². The van der Waals surface area contributed by atoms with E-state index in [0.29, 0.717) is 0 Å². The van der Waals surface area contributed by atoms with Gasteiger partial charge in [0.25, 0.3) is 0 Å². The fourth-order valence-electron chi connectivity index (χ4n) is 0.574. The molecule has 0 radical (unpaired) electrons. The van der Waals surface area contributed by atoms with Gasteiger partial charge in [0.15, 0.2) is 0 Å². The highest BCUT2D eigenvalue weighted by atomic mass is 32.1. The molecule has 0 aromatic heterocycles. The molecule has 4 heteroatoms. The van der Waals surface area contributed by atoms with Crippen molar-refractivity contribution in [3.8, 4) is 0 Å². The van der Waals surface area contributed by atoms with E-state index in [0.717, 1.165) is 12.2 Å². The molecule has 0 aromatic rings. The average Bonchev–Trinajstić information content (AvgIpc) is 2.04. The lowest BCUT2D eigenvalue weighted by atomic mass is 10.3. The fourth-order valence-corrected chi connectivity index (χ4v) is 0.774. The molecule has 1 unspecified atom stereocenters. The summed E-state index contributed by atoms with van der Waals surface area (Å²) in [5, 5.41) is 9.94. The van der Waals surface area contributed by atoms with Crippen LogP contribution in [0.5, 0.6) is 0 Å². The lowest BCUT2D eigenvalue weighted by Crippen LogP contribution is -2.08. The predicted octanol–water partition coefficient (Wildman–Crippen LogP) is 2.53. The highest BCUT2D eigenvalue weighted by molar-refractivity contribution is 7.81. The Balaban J connectivity index is 4.12. The van der Waals surface area contributed by atoms with Crippen LogP contribution in [0, 0.1) is 0 Å². The number of hydrogen-bond donors (Lipinski definition) is 1. The molecule has 1 atom stereocenters. The second-order valence-electron chi connectivity index (χ2n) is 2.55. The Labute approximate surface area is 79.9 Å². The number of thiol groups is 1. The topological polar surface area (TPSA) is 28.0 Å². The van der Waals surface area contributed by atoms with Crippen molar-refractivity contribution in [2.75, 3.05) is 13.6 Å². The van der Waals surface area contributed by atoms with Crippen molar-refractivity contribution in [3.05, 3.63) is 11.8 Å². The Morgan fingerprint density at radius 1 is 1.67 bits per heavy atom. The van der Waals surface area contributed by atoms with Gasteiger partial charge < -0.3 is 0 Å². The first-order valence-electron chi connectivity index (χ1n) is 4.08. The maximum absolute atomic E-state index is 4.26. The minimum absolute atomic E-state index is 0.143. The van der Waals surface area contributed by atoms with E-state index >= 15 is 0 Å². The largest absolute Gasteiger partial charge is 0.282 e. The Hall–Kier alpha value is -0.510. The number of allylic oxidation sites excluding steroid dienone is 1. The van der Waals surface area contributed by atoms with Crippen molar-refractivity contribution >= 4 is 12.6 Å². The zero-order valence-corrected chi connectivity index (χ0v) is 9.05. The smallest absolute Gasteiger partial charge is 0.0729 e. The molecule has 0 aromatic carbocycles. The summed E-state index contributed by atoms with van der Waals surface area (Å²) >= 11 is 4.26. The van der Waals surface area contributed by atoms with Gasteiger partial charge in [0, 0.05) is 18.8 Å². The summed E-state index contributed by atoms with van der Waals surface area (Å²) in [5.41, 5.74) is 0.902. The molecule has 0 saturated carbocycles. The van der Waals surface area contributed by atoms with Crippen molar-refractivity contribution in [3.63, 3.8) is 0 Å². The Kier molecular flexibility index (Phi) is 5.80. The highest BCUT2D eigenvalue weighted by Gasteiger charge is 2.00. The minimum atomic E-state index is 0.143. The van der Waals surface area contributed by atoms with Crippen molar-refractivity contribution in [2.24, 2.45) is 10.3 Å². The molecule has 0 amide bonds. The molecule has 0 heterocycles. The van der Waals surface area contributed by atoms with Crippen LogP contribution in [0.15, 0.2) is 22.1 Å². The molecule has 0 saturated heterocycles. The molecular formula is C8H17N3S. The van der Waals surface area contributed by atoms with E-state index in [9.17, 15) is 0 Å². The first-order chi connectivity index (χ1) is 5.61. The first-order valence-corrected chi connectivity index (χ1v) is 4.60. The van der Waals surface area contributed by atoms with Gasteiger partial charge in [0.1, 0.15) is 0 Å². The Morgan fingerprint density at radius 3 is 2.58 bits per heavy atom. The molecule has 0 aliphatic rings. The molecule has 0 aliphatic carbocycles. The van der Waals surface area contributed by atoms with Gasteiger partial charge in [-0.05, 0) is 20.8 Å². The van der Waals surface area contributed by atoms with Crippen LogP contribution in [-0.2, 0) is 0 Å². The van der Waals surface area contributed by atoms with Crippen LogP contribution in [0.4, 0.5) is 0 Å². The summed E-state index contributed by atoms with van der Waals surface area (Å²) in [6.45, 7) is 6.80. The summed E-state index contributed by atoms with van der Waals surface area (Å²) < 4.78 is 0. The maximum Gasteiger partial charge on any atom is 0.0729 e. The van der Waals surface area contributed by atoms with E-state index in [1.807, 2.05) is 33.9 Å². The van der Waals surface area contributed by atoms with Gasteiger partial charge in [0.05, 0.1) is 5.70 Å². The van der Waals surface area contributed by atoms with Crippen LogP contribution in [-0.4, -0.2) is 23.9 Å². The van der Waals surface area contributed by atoms with Crippen LogP contribution < -0.4 is 0 Å². The van der Waals surface area contributed by atoms with Gasteiger partial charge >= 0.3 is 0 Å². The second kappa shape index (κ2) is 6.06. The molecule has 12 heavy (non-hydrogen) atoms. The molecule has 0 rings (SSSR count). The normalized spacial score (nSPS) is 15.2. The van der Waals surface area contributed by atoms with Crippen LogP contribution in [0.3, 0.4) is 0 Å². The summed E-state index contributed by atoms with van der Waals surface area (Å²) in [5.74, 6) is 0. The van der Waals surface area contributed by atoms with Gasteiger partial charge in [-0.2, -0.15) is 12.6 Å². The van der Waals surface area contributed by atoms with Crippen molar-refractivity contribution in [1.82, 2.24) is 5.01 Å². The fraction of sp³-hybridized carbons (Fsp3) is 0.750. The zero-order valence-electron chi connectivity index (χ0n) is 8.15. The molecule has 0 N–H and O–H groups in total. The third-order valence-corrected chi connectivity index (χ3v) is 1.76. The quantitative estimate of drug-likeness (QED) is 0.409. The lowest BCUT2D eigenvalue weighted by molar-refractivity contribution is 0.348. The maximum atomic E-state index is 4.26. The van der Waals surface area contributed by atoms with Gasteiger partial charge in [-0.15, -0.1) is 5.11 Å². The Morgan fingerprint density at radius 2 is 2.25 bits per heavy atom. The van der Waals surface area contributed by atoms with Crippen LogP contribution in [0.1, 0.15) is 20.8 Å². The molecule has 0 spiro atoms. The van der Waals surface area contributed by atoms with Crippen LogP contribution in [0.2, 0.25) is 0 Å². The van der Waals surface area contributed by atoms with E-state index in [1.165, 1.54) is 0 Å². The molecule has 0 aliphatic heterocycles. The monoisotopic (exact) mass is 187 g/mol. The molecular weight excluding hydrogens is 170 g/mol. The molecule has 3 nitrogen and oxygen atoms in total. The van der Waals surface area contributed by atoms with Crippen LogP contribution in [0.25, 0.3) is 0 Å². The highest BCUT2D eigenvalue weighted by Crippen LogP contribution is 2.10. The zero-order chi connectivity index (χ0) is 9.56. The lowest BCUT2D eigenvalue weighted by Gasteiger charge is -2.08. The SMILES string of the molecule is C/C=C(\N=NN(C)CC)C(C)S. The third-order valence-electron chi connectivity index (χ3n) is 1.49. The summed E-state index contributed by atoms with van der Waals surface area (Å²) in [6, 6.07) is 0. The average molecular weight is 187 g/mol. The van der Waals surface area contributed by atoms with E-state index in [1.54, 1.807) is 5.01 Å². The van der Waals surface area contributed by atoms with E-state index in [2.05, 4.69) is 23.0 Å². The van der Waals surface area contributed by atoms with E-state index in [4.69, 9.17) is 0 Å². The second-order valence-corrected chi connectivity index (χ2v) is 3.33. The van der Waals surface area contributed by atoms with E-state index < -0.39 is 0 Å². The van der Waals surface area contributed by atoms with Gasteiger partial charge in [0.2, 0.25) is 0 Å². The number of hydrogen-bond acceptors (Lipinski definition) is 3. The predicted molar refractivity (Wildman–Crippen MR) is 55.4 cm³/mol. The number of rotatable bonds is 4. The summed E-state index contributed by atoms with van der Waals surface area (Å²) in [4.78, 5) is 0. The van der Waals surface area contributed by atoms with Gasteiger partial charge in [-0.3, -0.25) is 5.01 Å². The van der Waals surface area contributed by atoms with Gasteiger partial charge in [-0.1, -0.05) is 11.3 Å². The summed E-state index contributed by atoms with van der Waals surface area (Å²) in [6.07, 6.45) is 1.92. The molecule has 70 valence electrons. The summed E-state index contributed by atoms with van der Waals surface area (Å²) in [7, 11) is 1.89. The number of nitrogens with zero attached hydrogens (tertiary/aromatic N) is 3. The minimum Gasteiger partial charge on any atom is -0.282 e. The van der Waals surface area contributed by atoms with Crippen molar-refractivity contribution in [1.29, 1.82) is 0 Å². The van der Waals surface area contributed by atoms with Gasteiger partial charge in [-0.25, -0.2) is 0 Å². The standard InChI is InChI=1S/C8H17N3S/c1-5-8(7(3)12)9-10-11(4)6-2/h5,7,12H,6H2,1-4H3/b8-5-,10-9?. The third kappa shape index (κ3) is 4.38. The Bertz CT molecular complexity index is 175. The van der Waals surface area contributed by atoms with Crippen LogP contribution >= 0.6 is 12.6 Å². The van der Waals surface area contributed by atoms with Crippen molar-refractivity contribution < 1.29 is 0 Å². The molecule has 0 bridgehead atoms.